The van der Waals surface area contributed by atoms with E-state index < -0.39 is 24.3 Å². The molecule has 7 rings (SSSR count). The van der Waals surface area contributed by atoms with Crippen molar-refractivity contribution in [2.45, 2.75) is 75.7 Å². The second-order valence-corrected chi connectivity index (χ2v) is 12.4. The first-order valence-corrected chi connectivity index (χ1v) is 16.4. The minimum absolute atomic E-state index is 0.0964. The van der Waals surface area contributed by atoms with Gasteiger partial charge in [0.1, 0.15) is 24.3 Å². The lowest BCUT2D eigenvalue weighted by molar-refractivity contribution is -0.144. The van der Waals surface area contributed by atoms with E-state index >= 15 is 0 Å². The monoisotopic (exact) mass is 642 g/mol. The van der Waals surface area contributed by atoms with Crippen molar-refractivity contribution < 1.29 is 33.1 Å². The largest absolute Gasteiger partial charge is 0.416 e. The van der Waals surface area contributed by atoms with E-state index in [0.29, 0.717) is 86.3 Å². The zero-order valence-corrected chi connectivity index (χ0v) is 26.1. The molecule has 4 amide bonds. The summed E-state index contributed by atoms with van der Waals surface area (Å²) >= 11 is 0. The van der Waals surface area contributed by atoms with Crippen molar-refractivity contribution in [1.29, 1.82) is 0 Å². The van der Waals surface area contributed by atoms with Crippen molar-refractivity contribution in [3.05, 3.63) is 48.5 Å². The van der Waals surface area contributed by atoms with Crippen LogP contribution in [-0.2, 0) is 28.7 Å². The van der Waals surface area contributed by atoms with Crippen LogP contribution in [0.15, 0.2) is 52.9 Å². The number of aromatic nitrogens is 2. The maximum Gasteiger partial charge on any atom is 0.252 e. The number of benzene rings is 2. The zero-order chi connectivity index (χ0) is 32.3. The number of hydrogen-bond donors (Lipinski definition) is 2. The minimum Gasteiger partial charge on any atom is -0.416 e. The topological polar surface area (TPSA) is 156 Å². The van der Waals surface area contributed by atoms with Crippen LogP contribution in [0.2, 0.25) is 0 Å². The third kappa shape index (κ3) is 6.63. The van der Waals surface area contributed by atoms with Gasteiger partial charge >= 0.3 is 0 Å². The molecular formula is C34H38N6O7. The van der Waals surface area contributed by atoms with Crippen molar-refractivity contribution in [3.63, 3.8) is 0 Å². The van der Waals surface area contributed by atoms with Gasteiger partial charge in [-0.25, -0.2) is 0 Å². The maximum atomic E-state index is 13.1. The highest BCUT2D eigenvalue weighted by molar-refractivity contribution is 5.99. The standard InChI is InChI=1S/C34H38N6O7/c41-29(25-5-1-17-39(25)33(43)27-7-3-19-45-27)35-23-13-9-21(10-14-23)31-37-38-32(47-31)22-11-15-24(16-12-22)36-30(42)26-6-2-18-40(26)34(44)28-8-4-20-46-28/h9-16,25-28H,1-8,17-20H2,(H,35,41)(H,36,42). The first-order valence-electron chi connectivity index (χ1n) is 16.4. The maximum absolute atomic E-state index is 13.1. The lowest BCUT2D eigenvalue weighted by Gasteiger charge is -2.26. The van der Waals surface area contributed by atoms with Crippen LogP contribution in [0.25, 0.3) is 22.9 Å². The van der Waals surface area contributed by atoms with Crippen LogP contribution < -0.4 is 10.6 Å². The van der Waals surface area contributed by atoms with Gasteiger partial charge in [0.15, 0.2) is 0 Å². The SMILES string of the molecule is O=C(Nc1ccc(-c2nnc(-c3ccc(NC(=O)C4CCCN4C(=O)C4CCCO4)cc3)o2)cc1)C1CCCN1C(=O)C1CCCO1. The Kier molecular flexibility index (Phi) is 8.99. The number of carbonyl (C=O) groups excluding carboxylic acids is 4. The molecular weight excluding hydrogens is 604 g/mol. The number of anilines is 2. The van der Waals surface area contributed by atoms with Crippen molar-refractivity contribution in [3.8, 4) is 22.9 Å². The van der Waals surface area contributed by atoms with Crippen molar-refractivity contribution in [2.24, 2.45) is 0 Å². The number of hydrogen-bond acceptors (Lipinski definition) is 9. The Morgan fingerprint density at radius 3 is 1.40 bits per heavy atom. The zero-order valence-electron chi connectivity index (χ0n) is 26.1. The summed E-state index contributed by atoms with van der Waals surface area (Å²) in [5.74, 6) is 0.0121. The molecule has 0 radical (unpaired) electrons. The van der Waals surface area contributed by atoms with Crippen LogP contribution in [-0.4, -0.2) is 94.2 Å². The van der Waals surface area contributed by atoms with E-state index in [9.17, 15) is 19.2 Å². The Morgan fingerprint density at radius 2 is 1.02 bits per heavy atom. The molecule has 246 valence electrons. The number of ether oxygens (including phenoxy) is 2. The summed E-state index contributed by atoms with van der Waals surface area (Å²) in [5, 5.41) is 14.2. The van der Waals surface area contributed by atoms with Gasteiger partial charge in [-0.2, -0.15) is 0 Å². The molecule has 3 aromatic rings. The Hall–Kier alpha value is -4.62. The quantitative estimate of drug-likeness (QED) is 0.375. The molecule has 2 aromatic carbocycles. The van der Waals surface area contributed by atoms with Crippen LogP contribution in [0.4, 0.5) is 11.4 Å². The van der Waals surface area contributed by atoms with Gasteiger partial charge in [0.25, 0.3) is 11.8 Å². The number of rotatable bonds is 8. The van der Waals surface area contributed by atoms with E-state index in [4.69, 9.17) is 13.9 Å². The summed E-state index contributed by atoms with van der Waals surface area (Å²) in [6, 6.07) is 13.1. The number of nitrogens with zero attached hydrogens (tertiary/aromatic N) is 4. The van der Waals surface area contributed by atoms with Crippen molar-refractivity contribution in [1.82, 2.24) is 20.0 Å². The van der Waals surface area contributed by atoms with Gasteiger partial charge in [-0.15, -0.1) is 10.2 Å². The minimum atomic E-state index is -0.511. The van der Waals surface area contributed by atoms with Crippen LogP contribution >= 0.6 is 0 Å². The molecule has 4 aliphatic heterocycles. The van der Waals surface area contributed by atoms with Gasteiger partial charge in [0.2, 0.25) is 23.6 Å². The van der Waals surface area contributed by atoms with Gasteiger partial charge in [0.05, 0.1) is 0 Å². The molecule has 0 aliphatic carbocycles. The molecule has 4 fully saturated rings. The van der Waals surface area contributed by atoms with Crippen molar-refractivity contribution >= 4 is 35.0 Å². The summed E-state index contributed by atoms with van der Waals surface area (Å²) in [6.07, 6.45) is 5.05. The lowest BCUT2D eigenvalue weighted by Crippen LogP contribution is -2.47. The summed E-state index contributed by atoms with van der Waals surface area (Å²) in [4.78, 5) is 55.2. The summed E-state index contributed by atoms with van der Waals surface area (Å²) in [7, 11) is 0. The van der Waals surface area contributed by atoms with Gasteiger partial charge < -0.3 is 34.3 Å². The summed E-state index contributed by atoms with van der Waals surface area (Å²) in [6.45, 7) is 2.29. The fourth-order valence-corrected chi connectivity index (χ4v) is 6.82. The molecule has 0 saturated carbocycles. The molecule has 0 spiro atoms. The smallest absolute Gasteiger partial charge is 0.252 e. The summed E-state index contributed by atoms with van der Waals surface area (Å²) in [5.41, 5.74) is 2.56. The van der Waals surface area contributed by atoms with Crippen molar-refractivity contribution in [2.75, 3.05) is 36.9 Å². The van der Waals surface area contributed by atoms with Gasteiger partial charge in [-0.3, -0.25) is 19.2 Å². The number of carbonyl (C=O) groups is 4. The average molecular weight is 643 g/mol. The highest BCUT2D eigenvalue weighted by Crippen LogP contribution is 2.28. The summed E-state index contributed by atoms with van der Waals surface area (Å²) < 4.78 is 17.0. The molecule has 4 saturated heterocycles. The number of nitrogens with one attached hydrogen (secondary N) is 2. The predicted molar refractivity (Wildman–Crippen MR) is 170 cm³/mol. The van der Waals surface area contributed by atoms with Gasteiger partial charge in [0, 0.05) is 48.8 Å². The molecule has 2 N–H and O–H groups in total. The van der Waals surface area contributed by atoms with E-state index in [1.54, 1.807) is 58.3 Å². The van der Waals surface area contributed by atoms with Crippen LogP contribution in [0.3, 0.4) is 0 Å². The molecule has 4 unspecified atom stereocenters. The lowest BCUT2D eigenvalue weighted by atomic mass is 10.1. The Bertz CT molecular complexity index is 1490. The van der Waals surface area contributed by atoms with Gasteiger partial charge in [-0.1, -0.05) is 0 Å². The van der Waals surface area contributed by atoms with Crippen LogP contribution in [0.5, 0.6) is 0 Å². The van der Waals surface area contributed by atoms with Crippen LogP contribution in [0.1, 0.15) is 51.4 Å². The molecule has 5 heterocycles. The highest BCUT2D eigenvalue weighted by atomic mass is 16.5. The predicted octanol–water partition coefficient (Wildman–Crippen LogP) is 3.62. The molecule has 4 aliphatic rings. The molecule has 1 aromatic heterocycles. The third-order valence-electron chi connectivity index (χ3n) is 9.31. The van der Waals surface area contributed by atoms with E-state index in [1.165, 1.54) is 0 Å². The average Bonchev–Trinajstić information content (AvgIpc) is 3.93. The first-order chi connectivity index (χ1) is 22.9. The fourth-order valence-electron chi connectivity index (χ4n) is 6.82. The first kappa shape index (κ1) is 31.0. The Labute approximate surface area is 272 Å². The fraction of sp³-hybridized carbons (Fsp3) is 0.471. The molecule has 13 nitrogen and oxygen atoms in total. The molecule has 47 heavy (non-hydrogen) atoms. The highest BCUT2D eigenvalue weighted by Gasteiger charge is 2.39. The second kappa shape index (κ2) is 13.6. The van der Waals surface area contributed by atoms with E-state index in [-0.39, 0.29) is 23.6 Å². The molecule has 13 heteroatoms. The Balaban J connectivity index is 0.940. The number of amides is 4. The van der Waals surface area contributed by atoms with E-state index in [2.05, 4.69) is 20.8 Å². The third-order valence-corrected chi connectivity index (χ3v) is 9.31. The van der Waals surface area contributed by atoms with Gasteiger partial charge in [-0.05, 0) is 99.9 Å². The second-order valence-electron chi connectivity index (χ2n) is 12.4. The van der Waals surface area contributed by atoms with Crippen LogP contribution in [0, 0.1) is 0 Å². The molecule has 4 atom stereocenters. The van der Waals surface area contributed by atoms with E-state index in [0.717, 1.165) is 25.7 Å². The molecule has 0 bridgehead atoms. The normalized spacial score (nSPS) is 24.1. The number of likely N-dealkylation sites (tertiary alicyclic amines) is 2. The van der Waals surface area contributed by atoms with E-state index in [1.807, 2.05) is 0 Å². The Morgan fingerprint density at radius 1 is 0.596 bits per heavy atom.